The van der Waals surface area contributed by atoms with Crippen molar-refractivity contribution in [1.29, 1.82) is 0 Å². The van der Waals surface area contributed by atoms with E-state index in [2.05, 4.69) is 17.1 Å². The summed E-state index contributed by atoms with van der Waals surface area (Å²) in [5, 5.41) is 7.07. The first-order valence-electron chi connectivity index (χ1n) is 7.35. The van der Waals surface area contributed by atoms with Crippen molar-refractivity contribution in [2.24, 2.45) is 0 Å². The van der Waals surface area contributed by atoms with Gasteiger partial charge in [0.2, 0.25) is 0 Å². The zero-order chi connectivity index (χ0) is 15.6. The van der Waals surface area contributed by atoms with E-state index in [4.69, 9.17) is 12.2 Å². The van der Waals surface area contributed by atoms with Crippen LogP contribution in [0.25, 0.3) is 11.4 Å². The summed E-state index contributed by atoms with van der Waals surface area (Å²) in [6.45, 7) is 8.86. The summed E-state index contributed by atoms with van der Waals surface area (Å²) < 4.78 is 4.27. The number of aromatic nitrogens is 4. The molecule has 5 nitrogen and oxygen atoms in total. The third-order valence-electron chi connectivity index (χ3n) is 3.57. The first-order chi connectivity index (χ1) is 9.97. The molecule has 114 valence electrons. The van der Waals surface area contributed by atoms with Gasteiger partial charge in [-0.25, -0.2) is 0 Å². The Balaban J connectivity index is 2.61. The molecular weight excluding hydrogens is 284 g/mol. The lowest BCUT2D eigenvalue weighted by Crippen LogP contribution is -2.26. The Morgan fingerprint density at radius 2 is 2.10 bits per heavy atom. The highest BCUT2D eigenvalue weighted by molar-refractivity contribution is 7.71. The zero-order valence-electron chi connectivity index (χ0n) is 13.0. The Morgan fingerprint density at radius 3 is 2.71 bits per heavy atom. The van der Waals surface area contributed by atoms with Crippen LogP contribution in [0.5, 0.6) is 0 Å². The quantitative estimate of drug-likeness (QED) is 0.861. The number of unbranched alkanes of at least 4 members (excludes halogenated alkanes) is 1. The molecule has 2 aromatic rings. The number of aromatic amines is 1. The topological polar surface area (TPSA) is 55.6 Å². The van der Waals surface area contributed by atoms with Crippen molar-refractivity contribution >= 4 is 12.2 Å². The molecule has 6 heteroatoms. The standard InChI is InChI=1S/C15H22N4OS/c1-5-6-9-18-13(16-17-15(18)21)12-8-7-11(4)19(10(2)3)14(12)20/h7-8,10H,5-6,9H2,1-4H3,(H,17,21). The predicted molar refractivity (Wildman–Crippen MR) is 87.1 cm³/mol. The average molecular weight is 306 g/mol. The van der Waals surface area contributed by atoms with E-state index < -0.39 is 0 Å². The summed E-state index contributed by atoms with van der Waals surface area (Å²) in [6.07, 6.45) is 2.07. The lowest BCUT2D eigenvalue weighted by molar-refractivity contribution is 0.562. The van der Waals surface area contributed by atoms with Gasteiger partial charge in [-0.3, -0.25) is 9.89 Å². The summed E-state index contributed by atoms with van der Waals surface area (Å²) in [5.74, 6) is 0.632. The van der Waals surface area contributed by atoms with Gasteiger partial charge in [0.05, 0.1) is 5.56 Å². The van der Waals surface area contributed by atoms with Crippen LogP contribution in [0.2, 0.25) is 0 Å². The van der Waals surface area contributed by atoms with E-state index in [0.29, 0.717) is 16.2 Å². The highest BCUT2D eigenvalue weighted by atomic mass is 32.1. The van der Waals surface area contributed by atoms with Crippen LogP contribution in [0.1, 0.15) is 45.3 Å². The van der Waals surface area contributed by atoms with Crippen LogP contribution in [0, 0.1) is 11.7 Å². The molecule has 0 spiro atoms. The van der Waals surface area contributed by atoms with Gasteiger partial charge in [-0.15, -0.1) is 0 Å². The molecular formula is C15H22N4OS. The Kier molecular flexibility index (Phi) is 4.77. The molecule has 0 fully saturated rings. The predicted octanol–water partition coefficient (Wildman–Crippen LogP) is 3.46. The molecule has 0 radical (unpaired) electrons. The Labute approximate surface area is 129 Å². The summed E-state index contributed by atoms with van der Waals surface area (Å²) in [5.41, 5.74) is 1.53. The fourth-order valence-electron chi connectivity index (χ4n) is 2.50. The number of nitrogens with one attached hydrogen (secondary N) is 1. The minimum absolute atomic E-state index is 0.0169. The van der Waals surface area contributed by atoms with Crippen molar-refractivity contribution < 1.29 is 0 Å². The number of rotatable bonds is 5. The van der Waals surface area contributed by atoms with Gasteiger partial charge in [0.25, 0.3) is 5.56 Å². The summed E-state index contributed by atoms with van der Waals surface area (Å²) in [7, 11) is 0. The maximum Gasteiger partial charge on any atom is 0.262 e. The maximum atomic E-state index is 12.7. The Hall–Kier alpha value is -1.69. The maximum absolute atomic E-state index is 12.7. The van der Waals surface area contributed by atoms with Gasteiger partial charge in [0, 0.05) is 18.3 Å². The molecule has 0 aliphatic rings. The summed E-state index contributed by atoms with van der Waals surface area (Å²) in [6, 6.07) is 3.91. The normalized spacial score (nSPS) is 11.3. The minimum atomic E-state index is -0.0169. The third-order valence-corrected chi connectivity index (χ3v) is 3.88. The molecule has 1 N–H and O–H groups in total. The van der Waals surface area contributed by atoms with E-state index >= 15 is 0 Å². The van der Waals surface area contributed by atoms with E-state index in [-0.39, 0.29) is 11.6 Å². The SMILES string of the molecule is CCCCn1c(-c2ccc(C)n(C(C)C)c2=O)n[nH]c1=S. The highest BCUT2D eigenvalue weighted by Gasteiger charge is 2.16. The third kappa shape index (κ3) is 3.00. The van der Waals surface area contributed by atoms with Crippen LogP contribution < -0.4 is 5.56 Å². The minimum Gasteiger partial charge on any atom is -0.310 e. The summed E-state index contributed by atoms with van der Waals surface area (Å²) >= 11 is 5.28. The average Bonchev–Trinajstić information content (AvgIpc) is 2.77. The van der Waals surface area contributed by atoms with Crippen LogP contribution in [0.3, 0.4) is 0 Å². The lowest BCUT2D eigenvalue weighted by Gasteiger charge is -2.15. The first kappa shape index (κ1) is 15.7. The first-order valence-corrected chi connectivity index (χ1v) is 7.76. The molecule has 2 rings (SSSR count). The van der Waals surface area contributed by atoms with Crippen LogP contribution in [-0.4, -0.2) is 19.3 Å². The van der Waals surface area contributed by atoms with Gasteiger partial charge in [0.1, 0.15) is 0 Å². The fraction of sp³-hybridized carbons (Fsp3) is 0.533. The fourth-order valence-corrected chi connectivity index (χ4v) is 2.73. The number of aryl methyl sites for hydroxylation is 1. The van der Waals surface area contributed by atoms with Crippen molar-refractivity contribution in [2.75, 3.05) is 0 Å². The van der Waals surface area contributed by atoms with Crippen molar-refractivity contribution in [1.82, 2.24) is 19.3 Å². The monoisotopic (exact) mass is 306 g/mol. The molecule has 21 heavy (non-hydrogen) atoms. The Bertz CT molecular complexity index is 739. The van der Waals surface area contributed by atoms with E-state index in [0.717, 1.165) is 25.1 Å². The van der Waals surface area contributed by atoms with E-state index in [9.17, 15) is 4.79 Å². The van der Waals surface area contributed by atoms with Crippen molar-refractivity contribution in [2.45, 2.75) is 53.1 Å². The lowest BCUT2D eigenvalue weighted by atomic mass is 10.2. The molecule has 0 amide bonds. The van der Waals surface area contributed by atoms with Gasteiger partial charge < -0.3 is 9.13 Å². The zero-order valence-corrected chi connectivity index (χ0v) is 13.8. The van der Waals surface area contributed by atoms with E-state index in [1.54, 1.807) is 4.57 Å². The molecule has 0 bridgehead atoms. The van der Waals surface area contributed by atoms with Gasteiger partial charge in [0.15, 0.2) is 10.6 Å². The van der Waals surface area contributed by atoms with Gasteiger partial charge in [-0.05, 0) is 51.5 Å². The number of nitrogens with zero attached hydrogens (tertiary/aromatic N) is 3. The molecule has 0 saturated heterocycles. The summed E-state index contributed by atoms with van der Waals surface area (Å²) in [4.78, 5) is 12.7. The van der Waals surface area contributed by atoms with Crippen LogP contribution in [-0.2, 0) is 6.54 Å². The van der Waals surface area contributed by atoms with Crippen LogP contribution in [0.4, 0.5) is 0 Å². The van der Waals surface area contributed by atoms with E-state index in [1.165, 1.54) is 0 Å². The number of hydrogen-bond acceptors (Lipinski definition) is 3. The molecule has 0 unspecified atom stereocenters. The second-order valence-corrected chi connectivity index (χ2v) is 5.90. The van der Waals surface area contributed by atoms with Crippen molar-refractivity contribution in [3.63, 3.8) is 0 Å². The van der Waals surface area contributed by atoms with E-state index in [1.807, 2.05) is 37.5 Å². The van der Waals surface area contributed by atoms with Gasteiger partial charge >= 0.3 is 0 Å². The number of pyridine rings is 1. The smallest absolute Gasteiger partial charge is 0.262 e. The number of hydrogen-bond donors (Lipinski definition) is 1. The Morgan fingerprint density at radius 1 is 1.38 bits per heavy atom. The molecule has 0 aromatic carbocycles. The molecule has 0 aliphatic heterocycles. The van der Waals surface area contributed by atoms with Crippen molar-refractivity contribution in [3.8, 4) is 11.4 Å². The van der Waals surface area contributed by atoms with Crippen LogP contribution in [0.15, 0.2) is 16.9 Å². The largest absolute Gasteiger partial charge is 0.310 e. The van der Waals surface area contributed by atoms with Gasteiger partial charge in [-0.1, -0.05) is 13.3 Å². The second kappa shape index (κ2) is 6.39. The molecule has 0 saturated carbocycles. The molecule has 2 heterocycles. The molecule has 0 atom stereocenters. The van der Waals surface area contributed by atoms with Crippen molar-refractivity contribution in [3.05, 3.63) is 33.0 Å². The highest BCUT2D eigenvalue weighted by Crippen LogP contribution is 2.16. The molecule has 2 aromatic heterocycles. The van der Waals surface area contributed by atoms with Gasteiger partial charge in [-0.2, -0.15) is 5.10 Å². The van der Waals surface area contributed by atoms with Crippen LogP contribution >= 0.6 is 12.2 Å². The number of H-pyrrole nitrogens is 1. The molecule has 0 aliphatic carbocycles. The second-order valence-electron chi connectivity index (χ2n) is 5.51.